The van der Waals surface area contributed by atoms with Crippen LogP contribution in [0, 0.1) is 16.7 Å². The van der Waals surface area contributed by atoms with E-state index in [-0.39, 0.29) is 5.41 Å². The summed E-state index contributed by atoms with van der Waals surface area (Å²) in [7, 11) is 0. The van der Waals surface area contributed by atoms with Crippen molar-refractivity contribution in [2.75, 3.05) is 13.2 Å². The average molecular weight is 224 g/mol. The second kappa shape index (κ2) is 5.17. The van der Waals surface area contributed by atoms with Gasteiger partial charge < -0.3 is 10.5 Å². The summed E-state index contributed by atoms with van der Waals surface area (Å²) in [4.78, 5) is 0. The molecule has 16 heavy (non-hydrogen) atoms. The van der Waals surface area contributed by atoms with E-state index in [1.54, 1.807) is 0 Å². The van der Waals surface area contributed by atoms with Gasteiger partial charge >= 0.3 is 0 Å². The molecule has 2 aliphatic rings. The minimum absolute atomic E-state index is 0.250. The van der Waals surface area contributed by atoms with Gasteiger partial charge in [0.05, 0.1) is 12.4 Å². The highest BCUT2D eigenvalue weighted by Crippen LogP contribution is 2.48. The second-order valence-corrected chi connectivity index (χ2v) is 5.72. The van der Waals surface area contributed by atoms with Gasteiger partial charge in [-0.25, -0.2) is 0 Å². The lowest BCUT2D eigenvalue weighted by Crippen LogP contribution is -2.22. The lowest BCUT2D eigenvalue weighted by Gasteiger charge is -2.23. The van der Waals surface area contributed by atoms with E-state index in [1.807, 2.05) is 0 Å². The largest absolute Gasteiger partial charge is 0.388 e. The van der Waals surface area contributed by atoms with Gasteiger partial charge in [-0.3, -0.25) is 5.41 Å². The smallest absolute Gasteiger partial charge is 0.0911 e. The van der Waals surface area contributed by atoms with Crippen LogP contribution in [0.25, 0.3) is 0 Å². The fraction of sp³-hybridized carbons (Fsp3) is 0.923. The van der Waals surface area contributed by atoms with Crippen molar-refractivity contribution in [2.45, 2.75) is 51.4 Å². The first-order valence-electron chi connectivity index (χ1n) is 6.61. The molecule has 0 aromatic rings. The maximum atomic E-state index is 7.34. The third kappa shape index (κ3) is 3.48. The standard InChI is InChI=1S/C13H24N2O/c14-12(15)8-13(6-7-13)10-16-9-11-4-2-1-3-5-11/h11H,1-10H2,(H3,14,15). The zero-order valence-corrected chi connectivity index (χ0v) is 10.1. The summed E-state index contributed by atoms with van der Waals surface area (Å²) in [6, 6.07) is 0. The van der Waals surface area contributed by atoms with Gasteiger partial charge in [0.2, 0.25) is 0 Å². The first-order chi connectivity index (χ1) is 7.70. The molecule has 0 bridgehead atoms. The highest BCUT2D eigenvalue weighted by Gasteiger charge is 2.43. The zero-order valence-electron chi connectivity index (χ0n) is 10.1. The van der Waals surface area contributed by atoms with Crippen molar-refractivity contribution in [3.63, 3.8) is 0 Å². The summed E-state index contributed by atoms with van der Waals surface area (Å²) < 4.78 is 5.85. The molecule has 0 amide bonds. The van der Waals surface area contributed by atoms with Crippen molar-refractivity contribution in [3.05, 3.63) is 0 Å². The zero-order chi connectivity index (χ0) is 11.4. The molecule has 2 aliphatic carbocycles. The molecule has 2 rings (SSSR count). The third-order valence-electron chi connectivity index (χ3n) is 4.01. The Balaban J connectivity index is 1.62. The van der Waals surface area contributed by atoms with Crippen molar-refractivity contribution in [1.82, 2.24) is 0 Å². The fourth-order valence-electron chi connectivity index (χ4n) is 2.75. The van der Waals surface area contributed by atoms with Crippen LogP contribution in [0.2, 0.25) is 0 Å². The van der Waals surface area contributed by atoms with Crippen molar-refractivity contribution >= 4 is 5.84 Å². The van der Waals surface area contributed by atoms with E-state index >= 15 is 0 Å². The average Bonchev–Trinajstić information content (AvgIpc) is 2.99. The molecular weight excluding hydrogens is 200 g/mol. The molecule has 0 saturated heterocycles. The molecule has 3 N–H and O–H groups in total. The van der Waals surface area contributed by atoms with E-state index in [9.17, 15) is 0 Å². The first kappa shape index (κ1) is 11.9. The normalized spacial score (nSPS) is 24.2. The molecule has 0 radical (unpaired) electrons. The molecule has 3 nitrogen and oxygen atoms in total. The lowest BCUT2D eigenvalue weighted by atomic mass is 9.90. The number of ether oxygens (including phenoxy) is 1. The van der Waals surface area contributed by atoms with Crippen LogP contribution in [0.15, 0.2) is 0 Å². The number of amidine groups is 1. The second-order valence-electron chi connectivity index (χ2n) is 5.72. The van der Waals surface area contributed by atoms with Gasteiger partial charge in [0, 0.05) is 18.4 Å². The monoisotopic (exact) mass is 224 g/mol. The van der Waals surface area contributed by atoms with Crippen LogP contribution in [-0.2, 0) is 4.74 Å². The van der Waals surface area contributed by atoms with Crippen LogP contribution in [0.1, 0.15) is 51.4 Å². The quantitative estimate of drug-likeness (QED) is 0.538. The Hall–Kier alpha value is -0.570. The predicted molar refractivity (Wildman–Crippen MR) is 65.6 cm³/mol. The van der Waals surface area contributed by atoms with E-state index in [4.69, 9.17) is 15.9 Å². The van der Waals surface area contributed by atoms with Crippen LogP contribution >= 0.6 is 0 Å². The van der Waals surface area contributed by atoms with Crippen molar-refractivity contribution in [2.24, 2.45) is 17.1 Å². The van der Waals surface area contributed by atoms with Gasteiger partial charge in [0.25, 0.3) is 0 Å². The number of hydrogen-bond donors (Lipinski definition) is 2. The molecule has 0 unspecified atom stereocenters. The van der Waals surface area contributed by atoms with E-state index < -0.39 is 0 Å². The van der Waals surface area contributed by atoms with Gasteiger partial charge in [-0.2, -0.15) is 0 Å². The Morgan fingerprint density at radius 2 is 1.94 bits per heavy atom. The van der Waals surface area contributed by atoms with Crippen molar-refractivity contribution in [3.8, 4) is 0 Å². The minimum Gasteiger partial charge on any atom is -0.388 e. The molecule has 3 heteroatoms. The summed E-state index contributed by atoms with van der Waals surface area (Å²) in [5.41, 5.74) is 5.71. The minimum atomic E-state index is 0.250. The van der Waals surface area contributed by atoms with Crippen LogP contribution in [0.3, 0.4) is 0 Å². The first-order valence-corrected chi connectivity index (χ1v) is 6.61. The molecule has 0 aromatic carbocycles. The molecule has 0 atom stereocenters. The Morgan fingerprint density at radius 3 is 2.50 bits per heavy atom. The SMILES string of the molecule is N=C(N)CC1(COCC2CCCCC2)CC1. The highest BCUT2D eigenvalue weighted by atomic mass is 16.5. The molecule has 2 saturated carbocycles. The van der Waals surface area contributed by atoms with Crippen molar-refractivity contribution in [1.29, 1.82) is 5.41 Å². The number of hydrogen-bond acceptors (Lipinski definition) is 2. The van der Waals surface area contributed by atoms with Crippen LogP contribution in [-0.4, -0.2) is 19.0 Å². The van der Waals surface area contributed by atoms with Gasteiger partial charge in [-0.15, -0.1) is 0 Å². The van der Waals surface area contributed by atoms with Crippen molar-refractivity contribution < 1.29 is 4.74 Å². The molecule has 2 fully saturated rings. The molecule has 0 spiro atoms. The molecule has 0 heterocycles. The topological polar surface area (TPSA) is 59.1 Å². The van der Waals surface area contributed by atoms with E-state index in [1.165, 1.54) is 44.9 Å². The maximum absolute atomic E-state index is 7.34. The number of nitrogens with one attached hydrogen (secondary N) is 1. The maximum Gasteiger partial charge on any atom is 0.0911 e. The van der Waals surface area contributed by atoms with E-state index in [0.717, 1.165) is 25.6 Å². The molecular formula is C13H24N2O. The summed E-state index contributed by atoms with van der Waals surface area (Å²) in [6.45, 7) is 1.75. The number of nitrogens with two attached hydrogens (primary N) is 1. The van der Waals surface area contributed by atoms with Gasteiger partial charge in [0.15, 0.2) is 0 Å². The Bertz CT molecular complexity index is 242. The summed E-state index contributed by atoms with van der Waals surface area (Å²) in [5, 5.41) is 7.34. The number of rotatable bonds is 6. The summed E-state index contributed by atoms with van der Waals surface area (Å²) >= 11 is 0. The Morgan fingerprint density at radius 1 is 1.25 bits per heavy atom. The summed E-state index contributed by atoms with van der Waals surface area (Å²) in [5.74, 6) is 1.11. The summed E-state index contributed by atoms with van der Waals surface area (Å²) in [6.07, 6.45) is 9.98. The molecule has 92 valence electrons. The Kier molecular flexibility index (Phi) is 3.85. The van der Waals surface area contributed by atoms with Crippen LogP contribution in [0.4, 0.5) is 0 Å². The molecule has 0 aromatic heterocycles. The Labute approximate surface area is 98.2 Å². The van der Waals surface area contributed by atoms with E-state index in [2.05, 4.69) is 0 Å². The molecule has 0 aliphatic heterocycles. The van der Waals surface area contributed by atoms with Gasteiger partial charge in [0.1, 0.15) is 0 Å². The van der Waals surface area contributed by atoms with Gasteiger partial charge in [-0.1, -0.05) is 19.3 Å². The highest BCUT2D eigenvalue weighted by molar-refractivity contribution is 5.78. The van der Waals surface area contributed by atoms with Crippen LogP contribution in [0.5, 0.6) is 0 Å². The van der Waals surface area contributed by atoms with Gasteiger partial charge in [-0.05, 0) is 31.6 Å². The van der Waals surface area contributed by atoms with Crippen LogP contribution < -0.4 is 5.73 Å². The van der Waals surface area contributed by atoms with E-state index in [0.29, 0.717) is 5.84 Å². The lowest BCUT2D eigenvalue weighted by molar-refractivity contribution is 0.0549. The fourth-order valence-corrected chi connectivity index (χ4v) is 2.75. The third-order valence-corrected chi connectivity index (χ3v) is 4.01. The predicted octanol–water partition coefficient (Wildman–Crippen LogP) is 2.69.